The first-order valence-electron chi connectivity index (χ1n) is 14.3. The predicted octanol–water partition coefficient (Wildman–Crippen LogP) is 1.32. The smallest absolute Gasteiger partial charge is 0.331 e. The van der Waals surface area contributed by atoms with Crippen molar-refractivity contribution in [2.24, 2.45) is 0 Å². The Morgan fingerprint density at radius 2 is 1.60 bits per heavy atom. The number of aromatic hydroxyl groups is 1. The first-order chi connectivity index (χ1) is 20.4. The molecule has 2 heterocycles. The number of allylic oxidation sites excluding steroid dienone is 3. The van der Waals surface area contributed by atoms with Crippen molar-refractivity contribution in [3.63, 3.8) is 0 Å². The van der Waals surface area contributed by atoms with Crippen LogP contribution in [-0.2, 0) is 28.5 Å². The number of hydrogen-bond acceptors (Lipinski definition) is 12. The molecular weight excluding hydrogens is 564 g/mol. The molecule has 10 atom stereocenters. The number of esters is 1. The van der Waals surface area contributed by atoms with E-state index in [9.17, 15) is 35.4 Å². The molecule has 240 valence electrons. The summed E-state index contributed by atoms with van der Waals surface area (Å²) in [7, 11) is 0. The van der Waals surface area contributed by atoms with Crippen LogP contribution in [0.1, 0.15) is 46.1 Å². The van der Waals surface area contributed by atoms with Crippen molar-refractivity contribution in [1.82, 2.24) is 0 Å². The summed E-state index contributed by atoms with van der Waals surface area (Å²) in [6.07, 6.45) is -5.92. The van der Waals surface area contributed by atoms with Gasteiger partial charge in [0, 0.05) is 6.08 Å². The largest absolute Gasteiger partial charge is 0.508 e. The number of carbonyl (C=O) groups is 1. The van der Waals surface area contributed by atoms with Crippen LogP contribution in [0.4, 0.5) is 0 Å². The summed E-state index contributed by atoms with van der Waals surface area (Å²) >= 11 is 0. The van der Waals surface area contributed by atoms with Crippen LogP contribution in [0.25, 0.3) is 6.08 Å². The van der Waals surface area contributed by atoms with Crippen molar-refractivity contribution in [2.75, 3.05) is 13.2 Å². The fourth-order valence-corrected chi connectivity index (χ4v) is 4.66. The molecule has 0 aliphatic carbocycles. The molecular formula is C31H44O12. The summed E-state index contributed by atoms with van der Waals surface area (Å²) < 4.78 is 28.5. The van der Waals surface area contributed by atoms with Gasteiger partial charge in [0.05, 0.1) is 19.3 Å². The Hall–Kier alpha value is -2.65. The third kappa shape index (κ3) is 9.93. The lowest BCUT2D eigenvalue weighted by atomic mass is 9.97. The monoisotopic (exact) mass is 608 g/mol. The molecule has 2 fully saturated rings. The highest BCUT2D eigenvalue weighted by Gasteiger charge is 2.52. The van der Waals surface area contributed by atoms with E-state index in [1.807, 2.05) is 26.8 Å². The van der Waals surface area contributed by atoms with Gasteiger partial charge in [-0.2, -0.15) is 0 Å². The van der Waals surface area contributed by atoms with E-state index in [1.165, 1.54) is 30.7 Å². The van der Waals surface area contributed by atoms with E-state index in [2.05, 4.69) is 6.08 Å². The average molecular weight is 609 g/mol. The van der Waals surface area contributed by atoms with Gasteiger partial charge in [0.1, 0.15) is 42.4 Å². The zero-order valence-corrected chi connectivity index (χ0v) is 24.9. The van der Waals surface area contributed by atoms with Gasteiger partial charge in [0.25, 0.3) is 0 Å². The van der Waals surface area contributed by atoms with E-state index in [-0.39, 0.29) is 12.4 Å². The number of carbonyl (C=O) groups excluding carboxylic acids is 1. The lowest BCUT2D eigenvalue weighted by Gasteiger charge is -2.46. The van der Waals surface area contributed by atoms with Crippen LogP contribution in [-0.4, -0.2) is 111 Å². The highest BCUT2D eigenvalue weighted by atomic mass is 16.7. The maximum Gasteiger partial charge on any atom is 0.331 e. The van der Waals surface area contributed by atoms with Gasteiger partial charge in [0.2, 0.25) is 0 Å². The molecule has 3 rings (SSSR count). The molecule has 12 heteroatoms. The topological polar surface area (TPSA) is 185 Å². The highest BCUT2D eigenvalue weighted by molar-refractivity contribution is 5.87. The van der Waals surface area contributed by atoms with Crippen LogP contribution >= 0.6 is 0 Å². The van der Waals surface area contributed by atoms with Crippen molar-refractivity contribution >= 4 is 12.0 Å². The molecule has 0 amide bonds. The lowest BCUT2D eigenvalue weighted by Crippen LogP contribution is -2.65. The van der Waals surface area contributed by atoms with Gasteiger partial charge in [0.15, 0.2) is 18.7 Å². The van der Waals surface area contributed by atoms with Gasteiger partial charge in [-0.1, -0.05) is 35.4 Å². The van der Waals surface area contributed by atoms with Crippen molar-refractivity contribution in [1.29, 1.82) is 0 Å². The fraction of sp³-hybridized carbons (Fsp3) is 0.581. The molecule has 0 saturated carbocycles. The number of phenols is 1. The number of ether oxygens (including phenoxy) is 5. The lowest BCUT2D eigenvalue weighted by molar-refractivity contribution is -0.356. The predicted molar refractivity (Wildman–Crippen MR) is 154 cm³/mol. The number of phenolic OH excluding ortho intramolecular Hbond substituents is 1. The van der Waals surface area contributed by atoms with Crippen LogP contribution in [0.3, 0.4) is 0 Å². The molecule has 1 aromatic carbocycles. The summed E-state index contributed by atoms with van der Waals surface area (Å²) in [6, 6.07) is 6.06. The number of benzene rings is 1. The summed E-state index contributed by atoms with van der Waals surface area (Å²) in [5.41, 5.74) is 2.87. The van der Waals surface area contributed by atoms with Gasteiger partial charge in [-0.3, -0.25) is 0 Å². The zero-order chi connectivity index (χ0) is 31.7. The SMILES string of the molecule is CC(C)=CCCC(C)=CCOC1OC(CO)C(OC(=O)C=Cc2ccc(O)cc2)C(OC2OC(C)C(O)C(O)C2O)C1O. The molecule has 43 heavy (non-hydrogen) atoms. The van der Waals surface area contributed by atoms with E-state index < -0.39 is 74.0 Å². The Bertz CT molecular complexity index is 1110. The average Bonchev–Trinajstić information content (AvgIpc) is 2.97. The minimum atomic E-state index is -1.70. The van der Waals surface area contributed by atoms with Gasteiger partial charge in [-0.05, 0) is 64.3 Å². The van der Waals surface area contributed by atoms with E-state index in [0.717, 1.165) is 24.5 Å². The van der Waals surface area contributed by atoms with Crippen molar-refractivity contribution in [2.45, 2.75) is 102 Å². The van der Waals surface area contributed by atoms with E-state index in [0.29, 0.717) is 5.56 Å². The molecule has 0 bridgehead atoms. The third-order valence-electron chi connectivity index (χ3n) is 7.23. The summed E-state index contributed by atoms with van der Waals surface area (Å²) in [5, 5.41) is 61.7. The first-order valence-corrected chi connectivity index (χ1v) is 14.3. The van der Waals surface area contributed by atoms with Crippen molar-refractivity contribution in [3.8, 4) is 5.75 Å². The van der Waals surface area contributed by atoms with Crippen LogP contribution in [0, 0.1) is 0 Å². The van der Waals surface area contributed by atoms with Crippen LogP contribution in [0.15, 0.2) is 53.6 Å². The quantitative estimate of drug-likeness (QED) is 0.114. The highest BCUT2D eigenvalue weighted by Crippen LogP contribution is 2.31. The maximum atomic E-state index is 12.8. The standard InChI is InChI=1S/C31H44O12/c1-17(2)6-5-7-18(3)14-15-39-30-27(38)29(43-31-26(37)25(36)24(35)19(4)40-31)28(22(16-32)41-30)42-23(34)13-10-20-8-11-21(33)12-9-20/h6,8-14,19,22,24-33,35-38H,5,7,15-16H2,1-4H3. The Labute approximate surface area is 251 Å². The molecule has 0 spiro atoms. The molecule has 1 aromatic rings. The van der Waals surface area contributed by atoms with E-state index >= 15 is 0 Å². The molecule has 2 saturated heterocycles. The Balaban J connectivity index is 1.78. The minimum absolute atomic E-state index is 0.0593. The third-order valence-corrected chi connectivity index (χ3v) is 7.23. The molecule has 10 unspecified atom stereocenters. The minimum Gasteiger partial charge on any atom is -0.508 e. The molecule has 6 N–H and O–H groups in total. The second-order valence-electron chi connectivity index (χ2n) is 11.0. The maximum absolute atomic E-state index is 12.8. The fourth-order valence-electron chi connectivity index (χ4n) is 4.66. The molecule has 12 nitrogen and oxygen atoms in total. The molecule has 0 aromatic heterocycles. The van der Waals surface area contributed by atoms with Gasteiger partial charge >= 0.3 is 5.97 Å². The molecule has 0 radical (unpaired) electrons. The van der Waals surface area contributed by atoms with E-state index in [4.69, 9.17) is 23.7 Å². The Morgan fingerprint density at radius 1 is 0.907 bits per heavy atom. The Kier molecular flexibility index (Phi) is 13.3. The van der Waals surface area contributed by atoms with Crippen molar-refractivity contribution in [3.05, 3.63) is 59.2 Å². The van der Waals surface area contributed by atoms with E-state index in [1.54, 1.807) is 12.1 Å². The molecule has 2 aliphatic heterocycles. The number of aliphatic hydroxyl groups excluding tert-OH is 5. The van der Waals surface area contributed by atoms with Gasteiger partial charge < -0.3 is 54.3 Å². The first kappa shape index (κ1) is 34.8. The zero-order valence-electron chi connectivity index (χ0n) is 24.9. The number of rotatable bonds is 12. The second kappa shape index (κ2) is 16.4. The van der Waals surface area contributed by atoms with Gasteiger partial charge in [-0.25, -0.2) is 4.79 Å². The summed E-state index contributed by atoms with van der Waals surface area (Å²) in [4.78, 5) is 12.8. The Morgan fingerprint density at radius 3 is 2.26 bits per heavy atom. The summed E-state index contributed by atoms with van der Waals surface area (Å²) in [6.45, 7) is 6.89. The van der Waals surface area contributed by atoms with Crippen LogP contribution in [0.5, 0.6) is 5.75 Å². The number of aliphatic hydroxyl groups is 5. The van der Waals surface area contributed by atoms with Gasteiger partial charge in [-0.15, -0.1) is 0 Å². The van der Waals surface area contributed by atoms with Crippen LogP contribution < -0.4 is 0 Å². The van der Waals surface area contributed by atoms with Crippen LogP contribution in [0.2, 0.25) is 0 Å². The van der Waals surface area contributed by atoms with Crippen molar-refractivity contribution < 1.29 is 59.1 Å². The number of hydrogen-bond donors (Lipinski definition) is 6. The molecule has 2 aliphatic rings. The normalized spacial score (nSPS) is 33.4. The summed E-state index contributed by atoms with van der Waals surface area (Å²) in [5.74, 6) is -0.798. The second-order valence-corrected chi connectivity index (χ2v) is 11.0.